The Balaban J connectivity index is 0.000000158. The standard InChI is InChI=1S/C35H32Cl2N6O5S2.C35H38Cl2N6O4S2.C33H34Cl2N6O5S3/c1-21-6-8-23(9-7-21)10-12-25-13-15-29(49-25)32-26(20-38-50(47,48)33-22(2)18-30(44)39-35(33)46)31(34(45)41-42-16-4-3-5-17-42)40-43(32)28-14-11-24(36)19-27(28)37;1-23-7-9-26(10-8-23)11-13-28-14-16-32(48-28)34-29(20-38-49(45,46)42-21-24(2)47-25(3)22-42)33(35(44)40-41-17-5-4-6-18-41)39-43(34)31-15-12-27(36)19-30(31)37;1-23-5-7-24(8-6-23)9-11-26-12-14-30(47-26)32-27(22-36-49(45,46)40-17-19-48(43,44)20-18-40)31(33(42)38-39-15-3-2-4-16-39)37-41(32)29-13-10-25(34)21-28(29)35/h6-9,11,13-15,19,38H,3-5,16-18,20H2,1-2H3,(H,41,45)(H,39,44,46);7-10,12,14-16,19,24-25,38H,4-6,17-18,20-22H2,1-3H3,(H,40,44);5-8,10,12-14,21,36H,2-4,15-20,22H2,1H3,(H,38,42). The Bertz CT molecular complexity index is 7770. The smallest absolute Gasteiger partial charge is 0.286 e. The van der Waals surface area contributed by atoms with E-state index in [1.165, 1.54) is 54.6 Å². The average molecular weight is 2260 g/mol. The molecule has 0 radical (unpaired) electrons. The van der Waals surface area contributed by atoms with Crippen molar-refractivity contribution < 1.29 is 62.4 Å². The summed E-state index contributed by atoms with van der Waals surface area (Å²) in [5.41, 5.74) is 18.7. The van der Waals surface area contributed by atoms with Crippen molar-refractivity contribution in [2.75, 3.05) is 77.0 Å². The predicted molar refractivity (Wildman–Crippen MR) is 580 cm³/mol. The quantitative estimate of drug-likeness (QED) is 0.0218. The number of morpholine rings is 1. The van der Waals surface area contributed by atoms with Crippen LogP contribution in [0.1, 0.15) is 181 Å². The first-order valence-electron chi connectivity index (χ1n) is 47.6. The van der Waals surface area contributed by atoms with E-state index < -0.39 is 81.3 Å². The Hall–Kier alpha value is -10.8. The molecule has 0 saturated carbocycles. The summed E-state index contributed by atoms with van der Waals surface area (Å²) >= 11 is 42.9. The second-order valence-corrected chi connectivity index (χ2v) is 49.4. The van der Waals surface area contributed by atoms with Crippen LogP contribution in [0.25, 0.3) is 48.8 Å². The molecule has 6 aliphatic rings. The zero-order valence-electron chi connectivity index (χ0n) is 81.2. The molecule has 18 rings (SSSR count). The van der Waals surface area contributed by atoms with E-state index in [1.807, 2.05) is 159 Å². The van der Waals surface area contributed by atoms with Crippen molar-refractivity contribution >= 4 is 173 Å². The van der Waals surface area contributed by atoms with Gasteiger partial charge in [-0.1, -0.05) is 177 Å². The molecule has 6 aromatic heterocycles. The van der Waals surface area contributed by atoms with Crippen molar-refractivity contribution in [3.63, 3.8) is 0 Å². The van der Waals surface area contributed by atoms with Gasteiger partial charge < -0.3 is 4.74 Å². The highest BCUT2D eigenvalue weighted by molar-refractivity contribution is 7.94. The number of imide groups is 1. The SMILES string of the molecule is CC1=C(S(=O)(=O)NCc2c(C(=O)NN3CCCCC3)nn(-c3ccc(Cl)cc3Cl)c2-c2ccc(C#Cc3ccc(C)cc3)s2)C(=O)NC(=O)C1.Cc1ccc(C#Cc2ccc(-c3c(CNS(=O)(=O)N4CC(C)OC(C)C4)c(C(=O)NN4CCCCC4)nn3-c3ccc(Cl)cc3Cl)s2)cc1.Cc1ccc(C#Cc2ccc(-c3c(CNS(=O)(=O)N4CCS(=O)(=O)CC4)c(C(=O)NN4CCCCC4)nn3-c3ccc(Cl)cc3Cl)s2)cc1. The Labute approximate surface area is 901 Å². The summed E-state index contributed by atoms with van der Waals surface area (Å²) < 4.78 is 126. The lowest BCUT2D eigenvalue weighted by molar-refractivity contribution is -0.128. The largest absolute Gasteiger partial charge is 0.373 e. The van der Waals surface area contributed by atoms with Crippen molar-refractivity contribution in [3.05, 3.63) is 286 Å². The van der Waals surface area contributed by atoms with E-state index in [0.29, 0.717) is 119 Å². The number of hydrogen-bond acceptors (Lipinski definition) is 23. The van der Waals surface area contributed by atoms with Crippen LogP contribution >= 0.6 is 104 Å². The average Bonchev–Trinajstić information content (AvgIpc) is 1.61. The summed E-state index contributed by atoms with van der Waals surface area (Å²) in [5, 5.41) is 24.0. The van der Waals surface area contributed by atoms with Crippen molar-refractivity contribution in [3.8, 4) is 84.3 Å². The third-order valence-corrected chi connectivity index (χ3v) is 35.6. The second-order valence-electron chi connectivity index (χ2n) is 36.1. The van der Waals surface area contributed by atoms with Crippen LogP contribution in [0.4, 0.5) is 0 Å². The van der Waals surface area contributed by atoms with Crippen LogP contribution in [0, 0.1) is 56.3 Å². The van der Waals surface area contributed by atoms with E-state index in [-0.39, 0.29) is 108 Å². The zero-order chi connectivity index (χ0) is 105. The van der Waals surface area contributed by atoms with Gasteiger partial charge in [0.1, 0.15) is 4.91 Å². The number of hydrogen-bond donors (Lipinski definition) is 7. The van der Waals surface area contributed by atoms with E-state index in [4.69, 9.17) is 89.6 Å². The number of thiophene rings is 3. The van der Waals surface area contributed by atoms with Gasteiger partial charge in [-0.3, -0.25) is 45.6 Å². The van der Waals surface area contributed by atoms with Gasteiger partial charge in [0.15, 0.2) is 26.9 Å². The Morgan fingerprint density at radius 1 is 0.419 bits per heavy atom. The van der Waals surface area contributed by atoms with Gasteiger partial charge in [-0.15, -0.1) is 34.0 Å². The monoisotopic (exact) mass is 2250 g/mol. The summed E-state index contributed by atoms with van der Waals surface area (Å²) in [7, 11) is -15.9. The van der Waals surface area contributed by atoms with Crippen LogP contribution in [0.15, 0.2) is 174 Å². The molecule has 6 aliphatic heterocycles. The molecule has 5 saturated heterocycles. The number of benzene rings is 6. The molecule has 0 bridgehead atoms. The minimum Gasteiger partial charge on any atom is -0.373 e. The number of sulfonamides is 1. The first-order valence-corrected chi connectivity index (χ1v) is 58.5. The van der Waals surface area contributed by atoms with E-state index in [1.54, 1.807) is 59.3 Å². The summed E-state index contributed by atoms with van der Waals surface area (Å²) in [5.74, 6) is 15.6. The van der Waals surface area contributed by atoms with Gasteiger partial charge in [0.2, 0.25) is 15.9 Å². The molecule has 7 N–H and O–H groups in total. The molecule has 32 nitrogen and oxygen atoms in total. The predicted octanol–water partition coefficient (Wildman–Crippen LogP) is 16.5. The maximum atomic E-state index is 14.0. The molecule has 12 heterocycles. The minimum atomic E-state index is -4.45. The maximum absolute atomic E-state index is 14.0. The Kier molecular flexibility index (Phi) is 36.1. The molecule has 0 spiro atoms. The van der Waals surface area contributed by atoms with Gasteiger partial charge in [-0.2, -0.15) is 50.2 Å². The number of piperidine rings is 3. The highest BCUT2D eigenvalue weighted by atomic mass is 35.5. The molecular formula is C103H104Cl6N18O14S7. The fraction of sp³-hybridized carbons (Fsp3) is 0.320. The third-order valence-electron chi connectivity index (χ3n) is 24.7. The number of halogens is 6. The maximum Gasteiger partial charge on any atom is 0.286 e. The van der Waals surface area contributed by atoms with Gasteiger partial charge in [-0.25, -0.2) is 50.6 Å². The number of hydrazine groups is 3. The Morgan fingerprint density at radius 2 is 0.736 bits per heavy atom. The van der Waals surface area contributed by atoms with Crippen LogP contribution in [0.3, 0.4) is 0 Å². The Morgan fingerprint density at radius 3 is 1.05 bits per heavy atom. The first kappa shape index (κ1) is 110. The fourth-order valence-electron chi connectivity index (χ4n) is 17.3. The van der Waals surface area contributed by atoms with Crippen molar-refractivity contribution in [2.24, 2.45) is 0 Å². The highest BCUT2D eigenvalue weighted by Crippen LogP contribution is 2.42. The molecule has 2 unspecified atom stereocenters. The van der Waals surface area contributed by atoms with E-state index in [2.05, 4.69) is 71.3 Å². The summed E-state index contributed by atoms with van der Waals surface area (Å²) in [6.07, 6.45) is 8.06. The van der Waals surface area contributed by atoms with Gasteiger partial charge in [0, 0.05) is 140 Å². The van der Waals surface area contributed by atoms with Crippen LogP contribution in [-0.2, 0) is 74.2 Å². The lowest BCUT2D eigenvalue weighted by atomic mass is 10.1. The molecule has 2 atom stereocenters. The fourth-order valence-corrected chi connectivity index (χ4v) is 26.7. The minimum absolute atomic E-state index is 0.0104. The van der Waals surface area contributed by atoms with Gasteiger partial charge in [0.05, 0.1) is 102 Å². The number of nitrogens with one attached hydrogen (secondary N) is 7. The van der Waals surface area contributed by atoms with E-state index in [0.717, 1.165) is 110 Å². The third kappa shape index (κ3) is 27.8. The number of sulfone groups is 1. The number of carbonyl (C=O) groups excluding carboxylic acids is 5. The van der Waals surface area contributed by atoms with E-state index in [9.17, 15) is 57.6 Å². The summed E-state index contributed by atoms with van der Waals surface area (Å²) in [6.45, 7) is 14.4. The molecule has 5 fully saturated rings. The molecule has 5 amide bonds. The van der Waals surface area contributed by atoms with Crippen molar-refractivity contribution in [2.45, 2.75) is 138 Å². The van der Waals surface area contributed by atoms with Gasteiger partial charge >= 0.3 is 0 Å². The van der Waals surface area contributed by atoms with Crippen molar-refractivity contribution in [1.82, 2.24) is 88.7 Å². The van der Waals surface area contributed by atoms with Crippen LogP contribution in [0.5, 0.6) is 0 Å². The van der Waals surface area contributed by atoms with E-state index >= 15 is 0 Å². The van der Waals surface area contributed by atoms with Gasteiger partial charge in [-0.05, 0) is 213 Å². The lowest BCUT2D eigenvalue weighted by Gasteiger charge is -2.34. The molecular weight excluding hydrogens is 2150 g/mol. The number of nitrogens with zero attached hydrogens (tertiary/aromatic N) is 11. The number of ether oxygens (including phenoxy) is 1. The number of carbonyl (C=O) groups is 5. The highest BCUT2D eigenvalue weighted by Gasteiger charge is 2.40. The molecule has 12 aromatic rings. The number of aryl methyl sites for hydroxylation is 3. The zero-order valence-corrected chi connectivity index (χ0v) is 91.4. The molecule has 45 heteroatoms. The number of aromatic nitrogens is 6. The lowest BCUT2D eigenvalue weighted by Crippen LogP contribution is -2.51. The van der Waals surface area contributed by atoms with Crippen molar-refractivity contribution in [1.29, 1.82) is 0 Å². The first-order chi connectivity index (χ1) is 70.7. The van der Waals surface area contributed by atoms with Gasteiger partial charge in [0.25, 0.3) is 44.0 Å². The normalized spacial score (nSPS) is 17.1. The summed E-state index contributed by atoms with van der Waals surface area (Å²) in [6, 6.07) is 49.6. The van der Waals surface area contributed by atoms with Crippen LogP contribution < -0.4 is 35.8 Å². The molecule has 774 valence electrons. The number of rotatable bonds is 24. The van der Waals surface area contributed by atoms with Crippen LogP contribution in [0.2, 0.25) is 30.1 Å². The number of amides is 5. The van der Waals surface area contributed by atoms with Crippen LogP contribution in [-0.4, -0.2) is 205 Å². The molecule has 6 aromatic carbocycles. The topological polar surface area (TPSA) is 385 Å². The second kappa shape index (κ2) is 48.7. The summed E-state index contributed by atoms with van der Waals surface area (Å²) in [4.78, 5) is 70.2. The molecule has 148 heavy (non-hydrogen) atoms. The molecule has 0 aliphatic carbocycles.